The summed E-state index contributed by atoms with van der Waals surface area (Å²) < 4.78 is 0. The van der Waals surface area contributed by atoms with Crippen molar-refractivity contribution in [2.75, 3.05) is 11.9 Å². The molecule has 0 aliphatic heterocycles. The van der Waals surface area contributed by atoms with Gasteiger partial charge in [0.15, 0.2) is 5.69 Å². The van der Waals surface area contributed by atoms with Crippen LogP contribution in [0.3, 0.4) is 0 Å². The van der Waals surface area contributed by atoms with Crippen molar-refractivity contribution in [3.05, 3.63) is 18.1 Å². The second-order valence-electron chi connectivity index (χ2n) is 4.89. The molecule has 0 aromatic carbocycles. The highest BCUT2D eigenvalue weighted by atomic mass is 16.3. The van der Waals surface area contributed by atoms with Gasteiger partial charge in [0, 0.05) is 6.54 Å². The van der Waals surface area contributed by atoms with E-state index in [-0.39, 0.29) is 0 Å². The van der Waals surface area contributed by atoms with Gasteiger partial charge in [0.25, 0.3) is 0 Å². The molecule has 0 unspecified atom stereocenters. The molecule has 0 spiro atoms. The summed E-state index contributed by atoms with van der Waals surface area (Å²) in [7, 11) is 0. The number of nitriles is 1. The summed E-state index contributed by atoms with van der Waals surface area (Å²) in [6, 6.07) is 1.92. The molecule has 2 rings (SSSR count). The van der Waals surface area contributed by atoms with Crippen molar-refractivity contribution in [2.45, 2.75) is 44.1 Å². The molecule has 1 aromatic rings. The molecule has 1 aliphatic carbocycles. The van der Waals surface area contributed by atoms with E-state index in [0.717, 1.165) is 25.7 Å². The van der Waals surface area contributed by atoms with Gasteiger partial charge >= 0.3 is 0 Å². The fourth-order valence-corrected chi connectivity index (χ4v) is 2.30. The third-order valence-corrected chi connectivity index (χ3v) is 3.40. The highest BCUT2D eigenvalue weighted by Gasteiger charge is 2.27. The highest BCUT2D eigenvalue weighted by Crippen LogP contribution is 2.27. The van der Waals surface area contributed by atoms with Gasteiger partial charge in [-0.25, -0.2) is 9.97 Å². The first-order valence-corrected chi connectivity index (χ1v) is 6.40. The van der Waals surface area contributed by atoms with E-state index in [1.54, 1.807) is 0 Å². The lowest BCUT2D eigenvalue weighted by atomic mass is 9.94. The van der Waals surface area contributed by atoms with E-state index in [1.807, 2.05) is 6.07 Å². The van der Waals surface area contributed by atoms with Gasteiger partial charge < -0.3 is 10.4 Å². The standard InChI is InChI=1S/C13H18N4O/c14-7-11-8-16-12(9-15-11)17-10-13(18)5-3-1-2-4-6-13/h8-9,18H,1-6,10H2,(H,16,17). The molecule has 1 fully saturated rings. The van der Waals surface area contributed by atoms with Crippen molar-refractivity contribution >= 4 is 5.82 Å². The fourth-order valence-electron chi connectivity index (χ4n) is 2.30. The minimum atomic E-state index is -0.633. The Balaban J connectivity index is 1.91. The van der Waals surface area contributed by atoms with E-state index in [2.05, 4.69) is 15.3 Å². The minimum absolute atomic E-state index is 0.300. The van der Waals surface area contributed by atoms with Crippen LogP contribution in [0, 0.1) is 11.3 Å². The first kappa shape index (κ1) is 12.8. The molecule has 1 aliphatic rings. The van der Waals surface area contributed by atoms with Crippen molar-refractivity contribution < 1.29 is 5.11 Å². The second kappa shape index (κ2) is 5.78. The molecule has 0 radical (unpaired) electrons. The van der Waals surface area contributed by atoms with Crippen LogP contribution in [0.4, 0.5) is 5.82 Å². The number of nitrogens with zero attached hydrogens (tertiary/aromatic N) is 3. The molecular formula is C13H18N4O. The van der Waals surface area contributed by atoms with E-state index in [9.17, 15) is 5.11 Å². The van der Waals surface area contributed by atoms with Gasteiger partial charge in [-0.05, 0) is 12.8 Å². The first-order valence-electron chi connectivity index (χ1n) is 6.40. The Morgan fingerprint density at radius 2 is 1.94 bits per heavy atom. The van der Waals surface area contributed by atoms with Crippen molar-refractivity contribution in [3.8, 4) is 6.07 Å². The molecular weight excluding hydrogens is 228 g/mol. The molecule has 1 saturated carbocycles. The average Bonchev–Trinajstić information content (AvgIpc) is 2.62. The lowest BCUT2D eigenvalue weighted by molar-refractivity contribution is 0.0380. The molecule has 1 heterocycles. The summed E-state index contributed by atoms with van der Waals surface area (Å²) in [5.74, 6) is 0.603. The molecule has 1 aromatic heterocycles. The quantitative estimate of drug-likeness (QED) is 0.795. The van der Waals surface area contributed by atoms with E-state index in [0.29, 0.717) is 18.1 Å². The van der Waals surface area contributed by atoms with E-state index in [4.69, 9.17) is 5.26 Å². The van der Waals surface area contributed by atoms with E-state index in [1.165, 1.54) is 25.2 Å². The zero-order valence-corrected chi connectivity index (χ0v) is 10.4. The molecule has 0 atom stereocenters. The third kappa shape index (κ3) is 3.41. The van der Waals surface area contributed by atoms with Crippen molar-refractivity contribution in [1.29, 1.82) is 5.26 Å². The molecule has 5 heteroatoms. The fraction of sp³-hybridized carbons (Fsp3) is 0.615. The normalized spacial score (nSPS) is 18.7. The number of anilines is 1. The largest absolute Gasteiger partial charge is 0.388 e. The topological polar surface area (TPSA) is 81.8 Å². The Labute approximate surface area is 107 Å². The third-order valence-electron chi connectivity index (χ3n) is 3.40. The van der Waals surface area contributed by atoms with Crippen LogP contribution < -0.4 is 5.32 Å². The minimum Gasteiger partial charge on any atom is -0.388 e. The maximum absolute atomic E-state index is 10.5. The Kier molecular flexibility index (Phi) is 4.11. The summed E-state index contributed by atoms with van der Waals surface area (Å²) >= 11 is 0. The van der Waals surface area contributed by atoms with Crippen LogP contribution in [-0.2, 0) is 0 Å². The number of hydrogen-bond donors (Lipinski definition) is 2. The molecule has 0 amide bonds. The summed E-state index contributed by atoms with van der Waals surface area (Å²) in [6.45, 7) is 0.494. The van der Waals surface area contributed by atoms with Gasteiger partial charge in [0.1, 0.15) is 11.9 Å². The number of hydrogen-bond acceptors (Lipinski definition) is 5. The Bertz CT molecular complexity index is 416. The van der Waals surface area contributed by atoms with E-state index >= 15 is 0 Å². The first-order chi connectivity index (χ1) is 8.72. The van der Waals surface area contributed by atoms with Crippen LogP contribution in [0.15, 0.2) is 12.4 Å². The van der Waals surface area contributed by atoms with Gasteiger partial charge in [0.2, 0.25) is 0 Å². The van der Waals surface area contributed by atoms with Crippen LogP contribution in [-0.4, -0.2) is 27.2 Å². The van der Waals surface area contributed by atoms with Crippen LogP contribution in [0.1, 0.15) is 44.2 Å². The highest BCUT2D eigenvalue weighted by molar-refractivity contribution is 5.33. The molecule has 5 nitrogen and oxygen atoms in total. The predicted molar refractivity (Wildman–Crippen MR) is 67.9 cm³/mol. The predicted octanol–water partition coefficient (Wildman–Crippen LogP) is 1.85. The molecule has 0 bridgehead atoms. The smallest absolute Gasteiger partial charge is 0.158 e. The van der Waals surface area contributed by atoms with Crippen LogP contribution >= 0.6 is 0 Å². The van der Waals surface area contributed by atoms with Crippen LogP contribution in [0.5, 0.6) is 0 Å². The number of rotatable bonds is 3. The van der Waals surface area contributed by atoms with E-state index < -0.39 is 5.60 Å². The lowest BCUT2D eigenvalue weighted by Gasteiger charge is -2.26. The van der Waals surface area contributed by atoms with Crippen molar-refractivity contribution in [3.63, 3.8) is 0 Å². The van der Waals surface area contributed by atoms with Gasteiger partial charge in [-0.2, -0.15) is 5.26 Å². The second-order valence-corrected chi connectivity index (χ2v) is 4.89. The molecule has 18 heavy (non-hydrogen) atoms. The van der Waals surface area contributed by atoms with Crippen LogP contribution in [0.25, 0.3) is 0 Å². The van der Waals surface area contributed by atoms with Crippen molar-refractivity contribution in [2.24, 2.45) is 0 Å². The lowest BCUT2D eigenvalue weighted by Crippen LogP contribution is -2.36. The summed E-state index contributed by atoms with van der Waals surface area (Å²) in [6.07, 6.45) is 9.21. The number of aromatic nitrogens is 2. The maximum atomic E-state index is 10.5. The van der Waals surface area contributed by atoms with Gasteiger partial charge in [-0.15, -0.1) is 0 Å². The van der Waals surface area contributed by atoms with Crippen LogP contribution in [0.2, 0.25) is 0 Å². The molecule has 2 N–H and O–H groups in total. The Morgan fingerprint density at radius 3 is 2.50 bits per heavy atom. The molecule has 0 saturated heterocycles. The van der Waals surface area contributed by atoms with Gasteiger partial charge in [-0.1, -0.05) is 25.7 Å². The average molecular weight is 246 g/mol. The SMILES string of the molecule is N#Cc1cnc(NCC2(O)CCCCCC2)cn1. The summed E-state index contributed by atoms with van der Waals surface area (Å²) in [5.41, 5.74) is -0.333. The zero-order valence-electron chi connectivity index (χ0n) is 10.4. The Morgan fingerprint density at radius 1 is 1.22 bits per heavy atom. The summed E-state index contributed by atoms with van der Waals surface area (Å²) in [4.78, 5) is 8.02. The van der Waals surface area contributed by atoms with Crippen molar-refractivity contribution in [1.82, 2.24) is 9.97 Å². The van der Waals surface area contributed by atoms with Gasteiger partial charge in [0.05, 0.1) is 18.0 Å². The number of aliphatic hydroxyl groups is 1. The molecule has 96 valence electrons. The van der Waals surface area contributed by atoms with Gasteiger partial charge in [-0.3, -0.25) is 0 Å². The Hall–Kier alpha value is -1.67. The maximum Gasteiger partial charge on any atom is 0.158 e. The zero-order chi connectivity index (χ0) is 12.8. The number of nitrogens with one attached hydrogen (secondary N) is 1. The summed E-state index contributed by atoms with van der Waals surface area (Å²) in [5, 5.41) is 22.2. The monoisotopic (exact) mass is 246 g/mol.